The van der Waals surface area contributed by atoms with Gasteiger partial charge in [-0.3, -0.25) is 9.59 Å². The molecule has 1 aromatic carbocycles. The molecule has 1 saturated heterocycles. The minimum Gasteiger partial charge on any atom is -0.355 e. The lowest BCUT2D eigenvalue weighted by atomic mass is 9.95. The molecule has 1 aliphatic carbocycles. The van der Waals surface area contributed by atoms with Gasteiger partial charge in [-0.25, -0.2) is 0 Å². The molecule has 1 aliphatic heterocycles. The van der Waals surface area contributed by atoms with Gasteiger partial charge in [-0.2, -0.15) is 0 Å². The van der Waals surface area contributed by atoms with E-state index >= 15 is 0 Å². The second kappa shape index (κ2) is 7.94. The Morgan fingerprint density at radius 3 is 2.59 bits per heavy atom. The number of nitrogens with zero attached hydrogens (tertiary/aromatic N) is 2. The SMILES string of the molecule is O=C(NC1CCCCC1)[C@@H]1CCCN1C(=O)c1cc(-c2ccccc2)on1. The Hall–Kier alpha value is -2.63. The zero-order valence-corrected chi connectivity index (χ0v) is 15.4. The molecule has 2 aliphatic rings. The number of carbonyl (C=O) groups is 2. The van der Waals surface area contributed by atoms with Crippen LogP contribution in [0.4, 0.5) is 0 Å². The van der Waals surface area contributed by atoms with Crippen LogP contribution in [0.15, 0.2) is 40.9 Å². The summed E-state index contributed by atoms with van der Waals surface area (Å²) in [6, 6.07) is 11.1. The molecule has 1 aromatic heterocycles. The van der Waals surface area contributed by atoms with Gasteiger partial charge < -0.3 is 14.7 Å². The van der Waals surface area contributed by atoms with E-state index < -0.39 is 6.04 Å². The minimum absolute atomic E-state index is 0.0282. The molecule has 0 unspecified atom stereocenters. The van der Waals surface area contributed by atoms with E-state index in [1.807, 2.05) is 30.3 Å². The Morgan fingerprint density at radius 2 is 1.81 bits per heavy atom. The summed E-state index contributed by atoms with van der Waals surface area (Å²) >= 11 is 0. The fourth-order valence-electron chi connectivity index (χ4n) is 4.09. The maximum atomic E-state index is 12.9. The molecular formula is C21H25N3O3. The van der Waals surface area contributed by atoms with Crippen molar-refractivity contribution in [1.82, 2.24) is 15.4 Å². The van der Waals surface area contributed by atoms with Crippen molar-refractivity contribution in [3.05, 3.63) is 42.1 Å². The number of hydrogen-bond donors (Lipinski definition) is 1. The van der Waals surface area contributed by atoms with Crippen molar-refractivity contribution >= 4 is 11.8 Å². The van der Waals surface area contributed by atoms with Gasteiger partial charge in [0, 0.05) is 24.2 Å². The largest absolute Gasteiger partial charge is 0.355 e. The molecule has 27 heavy (non-hydrogen) atoms. The Labute approximate surface area is 158 Å². The summed E-state index contributed by atoms with van der Waals surface area (Å²) in [5.41, 5.74) is 1.13. The highest BCUT2D eigenvalue weighted by atomic mass is 16.5. The van der Waals surface area contributed by atoms with Gasteiger partial charge in [-0.1, -0.05) is 54.8 Å². The average molecular weight is 367 g/mol. The number of carbonyl (C=O) groups excluding carboxylic acids is 2. The third kappa shape index (κ3) is 3.89. The summed E-state index contributed by atoms with van der Waals surface area (Å²) in [5, 5.41) is 7.10. The van der Waals surface area contributed by atoms with Gasteiger partial charge in [0.05, 0.1) is 0 Å². The van der Waals surface area contributed by atoms with Gasteiger partial charge >= 0.3 is 0 Å². The third-order valence-electron chi connectivity index (χ3n) is 5.56. The molecule has 2 amide bonds. The van der Waals surface area contributed by atoms with Crippen molar-refractivity contribution in [2.75, 3.05) is 6.54 Å². The highest BCUT2D eigenvalue weighted by molar-refractivity contribution is 5.97. The van der Waals surface area contributed by atoms with Crippen LogP contribution in [-0.4, -0.2) is 40.5 Å². The zero-order valence-electron chi connectivity index (χ0n) is 15.4. The Morgan fingerprint density at radius 1 is 1.04 bits per heavy atom. The monoisotopic (exact) mass is 367 g/mol. The maximum absolute atomic E-state index is 12.9. The van der Waals surface area contributed by atoms with Crippen LogP contribution in [0.2, 0.25) is 0 Å². The number of benzene rings is 1. The molecule has 6 nitrogen and oxygen atoms in total. The standard InChI is InChI=1S/C21H25N3O3/c25-20(22-16-10-5-2-6-11-16)18-12-7-13-24(18)21(26)17-14-19(27-23-17)15-8-3-1-4-9-15/h1,3-4,8-9,14,16,18H,2,5-7,10-13H2,(H,22,25)/t18-/m0/s1. The summed E-state index contributed by atoms with van der Waals surface area (Å²) in [6.07, 6.45) is 7.19. The van der Waals surface area contributed by atoms with E-state index in [-0.39, 0.29) is 23.6 Å². The van der Waals surface area contributed by atoms with Crippen molar-refractivity contribution in [3.63, 3.8) is 0 Å². The van der Waals surface area contributed by atoms with E-state index in [0.717, 1.165) is 24.8 Å². The highest BCUT2D eigenvalue weighted by Gasteiger charge is 2.36. The van der Waals surface area contributed by atoms with Crippen LogP contribution in [0, 0.1) is 0 Å². The number of aromatic nitrogens is 1. The molecule has 0 radical (unpaired) electrons. The average Bonchev–Trinajstić information content (AvgIpc) is 3.39. The normalized spacial score (nSPS) is 20.6. The van der Waals surface area contributed by atoms with Crippen LogP contribution < -0.4 is 5.32 Å². The molecule has 2 aromatic rings. The molecule has 0 spiro atoms. The molecule has 1 saturated carbocycles. The predicted octanol–water partition coefficient (Wildman–Crippen LogP) is 3.40. The Balaban J connectivity index is 1.44. The second-order valence-electron chi connectivity index (χ2n) is 7.44. The topological polar surface area (TPSA) is 75.4 Å². The van der Waals surface area contributed by atoms with Gasteiger partial charge in [0.1, 0.15) is 6.04 Å². The van der Waals surface area contributed by atoms with Gasteiger partial charge in [-0.15, -0.1) is 0 Å². The van der Waals surface area contributed by atoms with E-state index in [9.17, 15) is 9.59 Å². The molecule has 6 heteroatoms. The van der Waals surface area contributed by atoms with Crippen molar-refractivity contribution in [3.8, 4) is 11.3 Å². The molecule has 142 valence electrons. The maximum Gasteiger partial charge on any atom is 0.276 e. The first-order chi connectivity index (χ1) is 13.2. The molecule has 2 heterocycles. The smallest absolute Gasteiger partial charge is 0.276 e. The highest BCUT2D eigenvalue weighted by Crippen LogP contribution is 2.25. The molecule has 1 N–H and O–H groups in total. The van der Waals surface area contributed by atoms with Crippen LogP contribution in [0.5, 0.6) is 0 Å². The predicted molar refractivity (Wildman–Crippen MR) is 101 cm³/mol. The summed E-state index contributed by atoms with van der Waals surface area (Å²) < 4.78 is 5.35. The first-order valence-electron chi connectivity index (χ1n) is 9.86. The van der Waals surface area contributed by atoms with E-state index in [0.29, 0.717) is 18.7 Å². The molecular weight excluding hydrogens is 342 g/mol. The Kier molecular flexibility index (Phi) is 5.23. The molecule has 2 fully saturated rings. The van der Waals surface area contributed by atoms with Crippen molar-refractivity contribution < 1.29 is 14.1 Å². The van der Waals surface area contributed by atoms with Gasteiger partial charge in [0.25, 0.3) is 5.91 Å². The number of nitrogens with one attached hydrogen (secondary N) is 1. The number of amides is 2. The van der Waals surface area contributed by atoms with Crippen LogP contribution >= 0.6 is 0 Å². The number of hydrogen-bond acceptors (Lipinski definition) is 4. The molecule has 0 bridgehead atoms. The van der Waals surface area contributed by atoms with Gasteiger partial charge in [-0.05, 0) is 25.7 Å². The quantitative estimate of drug-likeness (QED) is 0.899. The van der Waals surface area contributed by atoms with Gasteiger partial charge in [0.2, 0.25) is 5.91 Å². The summed E-state index contributed by atoms with van der Waals surface area (Å²) in [4.78, 5) is 27.3. The van der Waals surface area contributed by atoms with Crippen LogP contribution in [0.25, 0.3) is 11.3 Å². The lowest BCUT2D eigenvalue weighted by Gasteiger charge is -2.27. The second-order valence-corrected chi connectivity index (χ2v) is 7.44. The first kappa shape index (κ1) is 17.8. The van der Waals surface area contributed by atoms with E-state index in [2.05, 4.69) is 10.5 Å². The fraction of sp³-hybridized carbons (Fsp3) is 0.476. The summed E-state index contributed by atoms with van der Waals surface area (Å²) in [6.45, 7) is 0.578. The summed E-state index contributed by atoms with van der Waals surface area (Å²) in [5.74, 6) is 0.295. The van der Waals surface area contributed by atoms with Gasteiger partial charge in [0.15, 0.2) is 11.5 Å². The van der Waals surface area contributed by atoms with Crippen LogP contribution in [0.1, 0.15) is 55.4 Å². The van der Waals surface area contributed by atoms with Crippen LogP contribution in [-0.2, 0) is 4.79 Å². The first-order valence-corrected chi connectivity index (χ1v) is 9.86. The van der Waals surface area contributed by atoms with Crippen molar-refractivity contribution in [2.45, 2.75) is 57.0 Å². The Bertz CT molecular complexity index is 796. The van der Waals surface area contributed by atoms with E-state index in [1.165, 1.54) is 19.3 Å². The lowest BCUT2D eigenvalue weighted by Crippen LogP contribution is -2.49. The van der Waals surface area contributed by atoms with Crippen LogP contribution in [0.3, 0.4) is 0 Å². The number of rotatable bonds is 4. The fourth-order valence-corrected chi connectivity index (χ4v) is 4.09. The molecule has 1 atom stereocenters. The van der Waals surface area contributed by atoms with Crippen molar-refractivity contribution in [1.29, 1.82) is 0 Å². The summed E-state index contributed by atoms with van der Waals surface area (Å²) in [7, 11) is 0. The number of likely N-dealkylation sites (tertiary alicyclic amines) is 1. The van der Waals surface area contributed by atoms with E-state index in [4.69, 9.17) is 4.52 Å². The van der Waals surface area contributed by atoms with E-state index in [1.54, 1.807) is 11.0 Å². The van der Waals surface area contributed by atoms with Crippen molar-refractivity contribution in [2.24, 2.45) is 0 Å². The zero-order chi connectivity index (χ0) is 18.6. The minimum atomic E-state index is -0.406. The third-order valence-corrected chi connectivity index (χ3v) is 5.56. The lowest BCUT2D eigenvalue weighted by molar-refractivity contribution is -0.125. The molecule has 4 rings (SSSR count).